The van der Waals surface area contributed by atoms with Crippen LogP contribution >= 0.6 is 7.37 Å². The topological polar surface area (TPSA) is 177 Å². The van der Waals surface area contributed by atoms with Gasteiger partial charge in [0.05, 0.1) is 17.3 Å². The molecule has 0 aromatic heterocycles. The third-order valence-corrected chi connectivity index (χ3v) is 7.63. The molecular weight excluding hydrogens is 459 g/mol. The van der Waals surface area contributed by atoms with E-state index in [1.54, 1.807) is 18.2 Å². The standard InChI is InChI=1S/C23H31N4O6P/c1-2-7-19(13-26-23(30)33-14-16-8-4-3-5-9-16)34(31,32)15-20(21(28)29)17-10-6-11-18(12-17)27-22(24)25/h3-6,8-12,19-20H,2,7,13-15H2,1H3,(H,26,30)(H,28,29)(H,31,32)(H4,24,25,27). The van der Waals surface area contributed by atoms with E-state index in [9.17, 15) is 24.2 Å². The molecule has 0 fully saturated rings. The quantitative estimate of drug-likeness (QED) is 0.171. The van der Waals surface area contributed by atoms with Gasteiger partial charge in [-0.2, -0.15) is 0 Å². The van der Waals surface area contributed by atoms with Crippen LogP contribution in [0.1, 0.15) is 36.8 Å². The maximum absolute atomic E-state index is 13.3. The summed E-state index contributed by atoms with van der Waals surface area (Å²) in [5.41, 5.74) is 11.4. The molecule has 10 nitrogen and oxygen atoms in total. The molecule has 1 amide bonds. The molecule has 3 atom stereocenters. The number of rotatable bonds is 12. The summed E-state index contributed by atoms with van der Waals surface area (Å²) in [4.78, 5) is 38.8. The molecule has 0 saturated carbocycles. The summed E-state index contributed by atoms with van der Waals surface area (Å²) >= 11 is 0. The first kappa shape index (κ1) is 26.9. The highest BCUT2D eigenvalue weighted by Crippen LogP contribution is 2.51. The van der Waals surface area contributed by atoms with E-state index in [0.717, 1.165) is 5.56 Å². The molecule has 2 rings (SSSR count). The van der Waals surface area contributed by atoms with Crippen molar-refractivity contribution in [3.05, 3.63) is 65.7 Å². The van der Waals surface area contributed by atoms with Gasteiger partial charge in [0.1, 0.15) is 6.61 Å². The molecule has 184 valence electrons. The maximum atomic E-state index is 13.3. The van der Waals surface area contributed by atoms with Crippen molar-refractivity contribution in [2.45, 2.75) is 37.9 Å². The van der Waals surface area contributed by atoms with Crippen LogP contribution in [0, 0.1) is 0 Å². The molecule has 0 spiro atoms. The van der Waals surface area contributed by atoms with Gasteiger partial charge in [-0.25, -0.2) is 9.79 Å². The number of carbonyl (C=O) groups excluding carboxylic acids is 1. The minimum atomic E-state index is -4.01. The van der Waals surface area contributed by atoms with Crippen molar-refractivity contribution < 1.29 is 28.9 Å². The first-order valence-corrected chi connectivity index (χ1v) is 12.7. The first-order valence-electron chi connectivity index (χ1n) is 10.8. The summed E-state index contributed by atoms with van der Waals surface area (Å²) in [5.74, 6) is -2.69. The molecule has 0 radical (unpaired) electrons. The predicted molar refractivity (Wildman–Crippen MR) is 130 cm³/mol. The molecule has 2 aromatic carbocycles. The summed E-state index contributed by atoms with van der Waals surface area (Å²) in [5, 5.41) is 12.3. The number of carboxylic acids is 1. The fraction of sp³-hybridized carbons (Fsp3) is 0.348. The molecule has 3 unspecified atom stereocenters. The first-order chi connectivity index (χ1) is 16.1. The number of nitrogens with zero attached hydrogens (tertiary/aromatic N) is 1. The Morgan fingerprint density at radius 3 is 2.47 bits per heavy atom. The lowest BCUT2D eigenvalue weighted by atomic mass is 10.0. The molecule has 0 aliphatic heterocycles. The lowest BCUT2D eigenvalue weighted by molar-refractivity contribution is -0.138. The second-order valence-corrected chi connectivity index (χ2v) is 10.5. The number of ether oxygens (including phenoxy) is 1. The summed E-state index contributed by atoms with van der Waals surface area (Å²) in [6.45, 7) is 1.79. The summed E-state index contributed by atoms with van der Waals surface area (Å²) in [6.07, 6.45) is -0.315. The normalized spacial score (nSPS) is 14.3. The number of hydrogen-bond acceptors (Lipinski definition) is 5. The van der Waals surface area contributed by atoms with Crippen LogP contribution in [0.5, 0.6) is 0 Å². The fourth-order valence-corrected chi connectivity index (χ4v) is 5.68. The van der Waals surface area contributed by atoms with E-state index in [4.69, 9.17) is 16.2 Å². The van der Waals surface area contributed by atoms with Crippen LogP contribution in [0.3, 0.4) is 0 Å². The van der Waals surface area contributed by atoms with Crippen molar-refractivity contribution in [1.82, 2.24) is 5.32 Å². The van der Waals surface area contributed by atoms with Gasteiger partial charge in [-0.05, 0) is 29.7 Å². The van der Waals surface area contributed by atoms with Crippen LogP contribution in [0.4, 0.5) is 10.5 Å². The number of benzene rings is 2. The second-order valence-electron chi connectivity index (χ2n) is 7.85. The Morgan fingerprint density at radius 1 is 1.15 bits per heavy atom. The third kappa shape index (κ3) is 8.53. The van der Waals surface area contributed by atoms with Crippen molar-refractivity contribution in [3.63, 3.8) is 0 Å². The van der Waals surface area contributed by atoms with E-state index in [1.165, 1.54) is 6.07 Å². The lowest BCUT2D eigenvalue weighted by Crippen LogP contribution is -2.34. The van der Waals surface area contributed by atoms with E-state index in [2.05, 4.69) is 10.3 Å². The summed E-state index contributed by atoms with van der Waals surface area (Å²) in [6, 6.07) is 15.3. The zero-order chi connectivity index (χ0) is 25.1. The molecule has 2 aromatic rings. The Bertz CT molecular complexity index is 1040. The number of hydrogen-bond donors (Lipinski definition) is 5. The molecule has 11 heteroatoms. The van der Waals surface area contributed by atoms with E-state index < -0.39 is 37.2 Å². The average Bonchev–Trinajstić information content (AvgIpc) is 2.79. The number of nitrogens with one attached hydrogen (secondary N) is 1. The van der Waals surface area contributed by atoms with Gasteiger partial charge in [-0.15, -0.1) is 0 Å². The van der Waals surface area contributed by atoms with Crippen molar-refractivity contribution >= 4 is 31.1 Å². The van der Waals surface area contributed by atoms with Crippen LogP contribution in [0.25, 0.3) is 0 Å². The van der Waals surface area contributed by atoms with Crippen LogP contribution < -0.4 is 16.8 Å². The van der Waals surface area contributed by atoms with Gasteiger partial charge in [0.15, 0.2) is 5.96 Å². The SMILES string of the molecule is CCCC(CNC(=O)OCc1ccccc1)P(=O)(O)CC(C(=O)O)c1cccc(N=C(N)N)c1. The maximum Gasteiger partial charge on any atom is 0.407 e. The number of aliphatic imine (C=N–C) groups is 1. The third-order valence-electron chi connectivity index (χ3n) is 5.16. The van der Waals surface area contributed by atoms with Gasteiger partial charge in [0.25, 0.3) is 0 Å². The van der Waals surface area contributed by atoms with Gasteiger partial charge in [0, 0.05) is 12.7 Å². The van der Waals surface area contributed by atoms with Crippen LogP contribution in [-0.4, -0.2) is 46.4 Å². The number of guanidine groups is 1. The summed E-state index contributed by atoms with van der Waals surface area (Å²) in [7, 11) is -4.01. The number of carbonyl (C=O) groups is 2. The second kappa shape index (κ2) is 12.8. The van der Waals surface area contributed by atoms with Gasteiger partial charge >= 0.3 is 12.1 Å². The van der Waals surface area contributed by atoms with Gasteiger partial charge in [-0.1, -0.05) is 55.8 Å². The van der Waals surface area contributed by atoms with Crippen LogP contribution in [0.2, 0.25) is 0 Å². The molecule has 0 aliphatic carbocycles. The lowest BCUT2D eigenvalue weighted by Gasteiger charge is -2.25. The minimum absolute atomic E-state index is 0.0646. The van der Waals surface area contributed by atoms with E-state index in [0.29, 0.717) is 24.1 Å². The van der Waals surface area contributed by atoms with Gasteiger partial charge in [0.2, 0.25) is 7.37 Å². The van der Waals surface area contributed by atoms with Crippen molar-refractivity contribution in [2.24, 2.45) is 16.5 Å². The molecule has 34 heavy (non-hydrogen) atoms. The van der Waals surface area contributed by atoms with E-state index >= 15 is 0 Å². The largest absolute Gasteiger partial charge is 0.481 e. The van der Waals surface area contributed by atoms with Crippen LogP contribution in [0.15, 0.2) is 59.6 Å². The fourth-order valence-electron chi connectivity index (χ4n) is 3.45. The van der Waals surface area contributed by atoms with Gasteiger partial charge in [-0.3, -0.25) is 9.36 Å². The van der Waals surface area contributed by atoms with Crippen molar-refractivity contribution in [1.29, 1.82) is 0 Å². The number of carboxylic acid groups (broad SMARTS) is 1. The van der Waals surface area contributed by atoms with Crippen LogP contribution in [-0.2, 0) is 20.7 Å². The Morgan fingerprint density at radius 2 is 1.85 bits per heavy atom. The van der Waals surface area contributed by atoms with E-state index in [-0.39, 0.29) is 19.1 Å². The molecular formula is C23H31N4O6P. The Labute approximate surface area is 198 Å². The minimum Gasteiger partial charge on any atom is -0.481 e. The number of alkyl carbamates (subject to hydrolysis) is 1. The predicted octanol–water partition coefficient (Wildman–Crippen LogP) is 3.13. The molecule has 7 N–H and O–H groups in total. The Hall–Kier alpha value is -3.36. The molecule has 0 bridgehead atoms. The molecule has 0 heterocycles. The highest BCUT2D eigenvalue weighted by Gasteiger charge is 2.36. The highest BCUT2D eigenvalue weighted by atomic mass is 31.2. The molecule has 0 saturated heterocycles. The number of amides is 1. The zero-order valence-corrected chi connectivity index (χ0v) is 19.9. The Kier molecular flexibility index (Phi) is 10.1. The van der Waals surface area contributed by atoms with E-state index in [1.807, 2.05) is 37.3 Å². The summed E-state index contributed by atoms with van der Waals surface area (Å²) < 4.78 is 18.4. The Balaban J connectivity index is 2.09. The molecule has 0 aliphatic rings. The number of nitrogens with two attached hydrogens (primary N) is 2. The number of aliphatic carboxylic acids is 1. The smallest absolute Gasteiger partial charge is 0.407 e. The van der Waals surface area contributed by atoms with Crippen molar-refractivity contribution in [2.75, 3.05) is 12.7 Å². The zero-order valence-electron chi connectivity index (χ0n) is 19.0. The van der Waals surface area contributed by atoms with Gasteiger partial charge < -0.3 is 31.5 Å². The highest BCUT2D eigenvalue weighted by molar-refractivity contribution is 7.58. The van der Waals surface area contributed by atoms with Crippen molar-refractivity contribution in [3.8, 4) is 0 Å². The average molecular weight is 490 g/mol. The monoisotopic (exact) mass is 490 g/mol.